The van der Waals surface area contributed by atoms with Crippen molar-refractivity contribution in [1.82, 2.24) is 9.88 Å². The van der Waals surface area contributed by atoms with Crippen LogP contribution in [0, 0.1) is 0 Å². The molecule has 1 aromatic carbocycles. The molecule has 7 nitrogen and oxygen atoms in total. The van der Waals surface area contributed by atoms with Crippen molar-refractivity contribution in [3.8, 4) is 0 Å². The van der Waals surface area contributed by atoms with Crippen LogP contribution in [0.1, 0.15) is 11.5 Å². The molecule has 0 bridgehead atoms. The first-order valence-corrected chi connectivity index (χ1v) is 10.4. The van der Waals surface area contributed by atoms with Gasteiger partial charge in [-0.05, 0) is 23.8 Å². The second-order valence-electron chi connectivity index (χ2n) is 6.81. The monoisotopic (exact) mass is 442 g/mol. The number of nitrogens with two attached hydrogens (primary N) is 1. The van der Waals surface area contributed by atoms with E-state index in [0.29, 0.717) is 28.5 Å². The lowest BCUT2D eigenvalue weighted by Crippen LogP contribution is -2.36. The highest BCUT2D eigenvalue weighted by Gasteiger charge is 2.31. The van der Waals surface area contributed by atoms with Gasteiger partial charge >= 0.3 is 0 Å². The molecule has 0 saturated carbocycles. The highest BCUT2D eigenvalue weighted by Crippen LogP contribution is 2.28. The van der Waals surface area contributed by atoms with Crippen molar-refractivity contribution in [2.45, 2.75) is 10.8 Å². The molecule has 0 radical (unpaired) electrons. The molecule has 0 fully saturated rings. The molecule has 3 aromatic rings. The lowest BCUT2D eigenvalue weighted by atomic mass is 9.98. The summed E-state index contributed by atoms with van der Waals surface area (Å²) in [5.41, 5.74) is 8.66. The molecule has 1 atom stereocenters. The van der Waals surface area contributed by atoms with E-state index < -0.39 is 5.92 Å². The number of aromatic nitrogens is 1. The molecule has 2 aromatic heterocycles. The third-order valence-corrected chi connectivity index (χ3v) is 5.84. The first kappa shape index (κ1) is 20.5. The summed E-state index contributed by atoms with van der Waals surface area (Å²) >= 11 is 7.47. The van der Waals surface area contributed by atoms with Crippen LogP contribution in [-0.2, 0) is 4.79 Å². The van der Waals surface area contributed by atoms with Crippen LogP contribution in [0.4, 0.5) is 0 Å². The van der Waals surface area contributed by atoms with Crippen molar-refractivity contribution in [2.75, 3.05) is 19.7 Å². The molecule has 0 saturated heterocycles. The smallest absolute Gasteiger partial charge is 0.233 e. The number of amides is 1. The number of pyridine rings is 1. The molecular formula is C21H19ClN4O3S. The van der Waals surface area contributed by atoms with E-state index in [-0.39, 0.29) is 19.1 Å². The number of fused-ring (bicyclic) bond motifs is 1. The van der Waals surface area contributed by atoms with E-state index in [1.165, 1.54) is 11.9 Å². The average Bonchev–Trinajstić information content (AvgIpc) is 3.36. The van der Waals surface area contributed by atoms with Gasteiger partial charge in [-0.2, -0.15) is 0 Å². The minimum Gasteiger partial charge on any atom is -0.446 e. The highest BCUT2D eigenvalue weighted by atomic mass is 35.5. The molecule has 1 aliphatic rings. The van der Waals surface area contributed by atoms with Crippen LogP contribution in [0.15, 0.2) is 73.8 Å². The van der Waals surface area contributed by atoms with Gasteiger partial charge in [-0.3, -0.25) is 4.79 Å². The number of rotatable bonds is 6. The molecule has 0 spiro atoms. The topological polar surface area (TPSA) is 105 Å². The fourth-order valence-electron chi connectivity index (χ4n) is 3.28. The molecule has 1 unspecified atom stereocenters. The van der Waals surface area contributed by atoms with E-state index in [0.717, 1.165) is 15.9 Å². The molecule has 0 aliphatic carbocycles. The number of hydrogen-bond donors (Lipinski definition) is 2. The average molecular weight is 443 g/mol. The van der Waals surface area contributed by atoms with E-state index in [1.54, 1.807) is 47.8 Å². The van der Waals surface area contributed by atoms with Crippen molar-refractivity contribution in [3.05, 3.63) is 70.7 Å². The lowest BCUT2D eigenvalue weighted by Gasteiger charge is -2.23. The van der Waals surface area contributed by atoms with E-state index in [1.807, 2.05) is 12.1 Å². The summed E-state index contributed by atoms with van der Waals surface area (Å²) in [7, 11) is 0. The summed E-state index contributed by atoms with van der Waals surface area (Å²) in [5.74, 6) is -0.955. The Labute approximate surface area is 182 Å². The first-order valence-electron chi connectivity index (χ1n) is 9.22. The molecule has 1 aliphatic heterocycles. The Balaban J connectivity index is 1.41. The quantitative estimate of drug-likeness (QED) is 0.448. The summed E-state index contributed by atoms with van der Waals surface area (Å²) in [4.78, 5) is 19.7. The van der Waals surface area contributed by atoms with E-state index in [2.05, 4.69) is 9.38 Å². The molecule has 3 N–H and O–H groups in total. The van der Waals surface area contributed by atoms with Crippen molar-refractivity contribution in [3.63, 3.8) is 0 Å². The number of nitrogens with zero attached hydrogens (tertiary/aromatic N) is 3. The van der Waals surface area contributed by atoms with E-state index >= 15 is 0 Å². The second kappa shape index (κ2) is 8.91. The van der Waals surface area contributed by atoms with Crippen LogP contribution >= 0.6 is 23.5 Å². The number of benzene rings is 1. The Morgan fingerprint density at radius 3 is 3.03 bits per heavy atom. The van der Waals surface area contributed by atoms with Gasteiger partial charge in [-0.1, -0.05) is 29.8 Å². The van der Waals surface area contributed by atoms with Gasteiger partial charge in [-0.25, -0.2) is 9.38 Å². The fraction of sp³-hybridized carbons (Fsp3) is 0.190. The number of aliphatic hydroxyl groups excluding tert-OH is 1. The van der Waals surface area contributed by atoms with Gasteiger partial charge in [0, 0.05) is 57.5 Å². The van der Waals surface area contributed by atoms with Gasteiger partial charge in [0.05, 0.1) is 25.3 Å². The maximum absolute atomic E-state index is 13.0. The van der Waals surface area contributed by atoms with Gasteiger partial charge in [0.2, 0.25) is 11.6 Å². The van der Waals surface area contributed by atoms with Crippen molar-refractivity contribution >= 4 is 46.8 Å². The summed E-state index contributed by atoms with van der Waals surface area (Å²) in [5, 5.41) is 11.2. The molecule has 154 valence electrons. The number of furan rings is 1. The molecular weight excluding hydrogens is 424 g/mol. The Morgan fingerprint density at radius 2 is 2.23 bits per heavy atom. The molecule has 1 amide bonds. The largest absolute Gasteiger partial charge is 0.446 e. The normalized spacial score (nSPS) is 15.5. The Morgan fingerprint density at radius 1 is 1.40 bits per heavy atom. The maximum atomic E-state index is 13.0. The molecule has 30 heavy (non-hydrogen) atoms. The van der Waals surface area contributed by atoms with Crippen LogP contribution in [0.3, 0.4) is 0 Å². The van der Waals surface area contributed by atoms with Crippen molar-refractivity contribution in [1.29, 1.82) is 0 Å². The lowest BCUT2D eigenvalue weighted by molar-refractivity contribution is -0.132. The molecule has 4 rings (SSSR count). The van der Waals surface area contributed by atoms with Gasteiger partial charge in [0.1, 0.15) is 0 Å². The maximum Gasteiger partial charge on any atom is 0.233 e. The minimum absolute atomic E-state index is 0.223. The minimum atomic E-state index is -0.732. The predicted molar refractivity (Wildman–Crippen MR) is 117 cm³/mol. The number of halogens is 1. The van der Waals surface area contributed by atoms with Gasteiger partial charge in [0.15, 0.2) is 0 Å². The van der Waals surface area contributed by atoms with Gasteiger partial charge < -0.3 is 20.2 Å². The van der Waals surface area contributed by atoms with E-state index in [9.17, 15) is 9.90 Å². The fourth-order valence-corrected chi connectivity index (χ4v) is 4.13. The summed E-state index contributed by atoms with van der Waals surface area (Å²) < 4.78 is 9.60. The van der Waals surface area contributed by atoms with Crippen molar-refractivity contribution in [2.24, 2.45) is 10.1 Å². The zero-order valence-corrected chi connectivity index (χ0v) is 17.4. The number of carbonyl (C=O) groups is 1. The third kappa shape index (κ3) is 4.21. The standard InChI is InChI=1S/C21H19ClN4O3S/c22-18-4-2-1-3-16(18)17(12-27)21(28)26-10-14(19(23)11-26)8-25-30-15-7-13-5-6-29-20(13)24-9-15/h1-9,17,27H,10-12,23H2. The Hall–Kier alpha value is -2.81. The SMILES string of the molecule is NC1=C(C=NSc2cnc3occc3c2)CN(C(=O)C(CO)c2ccccc2Cl)C1. The first-order chi connectivity index (χ1) is 14.6. The van der Waals surface area contributed by atoms with Gasteiger partial charge in [0.25, 0.3) is 0 Å². The number of carbonyl (C=O) groups excluding carboxylic acids is 1. The van der Waals surface area contributed by atoms with Gasteiger partial charge in [-0.15, -0.1) is 0 Å². The third-order valence-electron chi connectivity index (χ3n) is 4.86. The van der Waals surface area contributed by atoms with Crippen LogP contribution in [-0.4, -0.2) is 46.8 Å². The molecule has 3 heterocycles. The van der Waals surface area contributed by atoms with Crippen LogP contribution < -0.4 is 5.73 Å². The number of aliphatic hydroxyl groups is 1. The van der Waals surface area contributed by atoms with Crippen LogP contribution in [0.5, 0.6) is 0 Å². The summed E-state index contributed by atoms with van der Waals surface area (Å²) in [6.07, 6.45) is 4.94. The summed E-state index contributed by atoms with van der Waals surface area (Å²) in [6, 6.07) is 10.8. The number of hydrogen-bond acceptors (Lipinski definition) is 7. The van der Waals surface area contributed by atoms with Crippen molar-refractivity contribution < 1.29 is 14.3 Å². The molecule has 9 heteroatoms. The zero-order chi connectivity index (χ0) is 21.1. The highest BCUT2D eigenvalue weighted by molar-refractivity contribution is 7.98. The Kier molecular flexibility index (Phi) is 6.08. The summed E-state index contributed by atoms with van der Waals surface area (Å²) in [6.45, 7) is 0.283. The second-order valence-corrected chi connectivity index (χ2v) is 8.09. The van der Waals surface area contributed by atoms with E-state index in [4.69, 9.17) is 21.8 Å². The zero-order valence-electron chi connectivity index (χ0n) is 15.9. The van der Waals surface area contributed by atoms with Crippen LogP contribution in [0.2, 0.25) is 5.02 Å². The predicted octanol–water partition coefficient (Wildman–Crippen LogP) is 3.39. The Bertz CT molecular complexity index is 1140. The van der Waals surface area contributed by atoms with Crippen LogP contribution in [0.25, 0.3) is 11.1 Å².